The van der Waals surface area contributed by atoms with Crippen LogP contribution in [0.2, 0.25) is 10.0 Å². The lowest BCUT2D eigenvalue weighted by Gasteiger charge is -2.36. The number of nitrogens with one attached hydrogen (secondary N) is 2. The van der Waals surface area contributed by atoms with E-state index in [-0.39, 0.29) is 25.2 Å². The number of benzene rings is 1. The van der Waals surface area contributed by atoms with E-state index >= 15 is 0 Å². The van der Waals surface area contributed by atoms with Crippen molar-refractivity contribution in [2.75, 3.05) is 6.54 Å². The minimum atomic E-state index is -1.51. The number of alkyl carbamates (subject to hydrolysis) is 1. The number of tetrazole rings is 1. The number of aliphatic carboxylic acids is 1. The van der Waals surface area contributed by atoms with Crippen LogP contribution in [-0.4, -0.2) is 83.9 Å². The quantitative estimate of drug-likeness (QED) is 0.359. The van der Waals surface area contributed by atoms with Crippen LogP contribution in [0, 0.1) is 11.3 Å². The van der Waals surface area contributed by atoms with Crippen molar-refractivity contribution in [1.29, 1.82) is 0 Å². The summed E-state index contributed by atoms with van der Waals surface area (Å²) in [5.74, 6) is -2.63. The van der Waals surface area contributed by atoms with Gasteiger partial charge in [0.15, 0.2) is 0 Å². The first kappa shape index (κ1) is 33.2. The number of likely N-dealkylation sites (tertiary alicyclic amines) is 1. The molecule has 2 aliphatic rings. The van der Waals surface area contributed by atoms with Gasteiger partial charge in [0.25, 0.3) is 0 Å². The number of nitrogens with zero attached hydrogens (tertiary/aromatic N) is 5. The number of amides is 3. The molecule has 0 spiro atoms. The molecule has 13 nitrogen and oxygen atoms in total. The predicted octanol–water partition coefficient (Wildman–Crippen LogP) is 3.87. The molecule has 2 fully saturated rings. The van der Waals surface area contributed by atoms with E-state index in [1.165, 1.54) is 15.8 Å². The minimum absolute atomic E-state index is 0.0192. The Morgan fingerprint density at radius 3 is 2.41 bits per heavy atom. The van der Waals surface area contributed by atoms with Crippen molar-refractivity contribution < 1.29 is 29.0 Å². The van der Waals surface area contributed by atoms with Crippen LogP contribution in [-0.2, 0) is 19.1 Å². The molecule has 0 radical (unpaired) electrons. The molecule has 4 rings (SSSR count). The van der Waals surface area contributed by atoms with Crippen molar-refractivity contribution in [3.05, 3.63) is 40.9 Å². The number of carbonyl (C=O) groups excluding carboxylic acids is 3. The van der Waals surface area contributed by atoms with E-state index in [0.717, 1.165) is 0 Å². The van der Waals surface area contributed by atoms with Gasteiger partial charge in [-0.15, -0.1) is 16.8 Å². The molecule has 2 aromatic rings. The molecule has 44 heavy (non-hydrogen) atoms. The molecule has 5 atom stereocenters. The van der Waals surface area contributed by atoms with Crippen molar-refractivity contribution in [1.82, 2.24) is 35.7 Å². The van der Waals surface area contributed by atoms with Crippen LogP contribution in [0.3, 0.4) is 0 Å². The summed E-state index contributed by atoms with van der Waals surface area (Å²) < 4.78 is 5.40. The van der Waals surface area contributed by atoms with Gasteiger partial charge in [0.1, 0.15) is 23.2 Å². The summed E-state index contributed by atoms with van der Waals surface area (Å²) in [6, 6.07) is 2.03. The molecule has 15 heteroatoms. The minimum Gasteiger partial charge on any atom is -0.479 e. The smallest absolute Gasteiger partial charge is 0.408 e. The van der Waals surface area contributed by atoms with Gasteiger partial charge >= 0.3 is 12.1 Å². The highest BCUT2D eigenvalue weighted by atomic mass is 35.5. The Hall–Kier alpha value is -3.71. The number of hydrogen-bond donors (Lipinski definition) is 3. The second-order valence-corrected chi connectivity index (χ2v) is 14.1. The standard InChI is InChI=1S/C29H37Cl2N7O6/c1-8-15-13-29(15,25(41)42)33-23(39)20-12-17(38-35-22(34-36-38)18-10-9-16(30)11-19(18)31)14-37(20)24(40)21(27(2,3)4)32-26(43)44-28(5,6)7/h8-11,15,17,20-21H,1,12-14H2,2-7H3,(H,32,43)(H,33,39)(H,41,42). The molecule has 3 N–H and O–H groups in total. The maximum Gasteiger partial charge on any atom is 0.408 e. The first-order chi connectivity index (χ1) is 20.4. The van der Waals surface area contributed by atoms with Crippen LogP contribution >= 0.6 is 23.2 Å². The first-order valence-corrected chi connectivity index (χ1v) is 14.8. The summed E-state index contributed by atoms with van der Waals surface area (Å²) in [5, 5.41) is 28.7. The van der Waals surface area contributed by atoms with E-state index < -0.39 is 64.5 Å². The molecule has 2 heterocycles. The van der Waals surface area contributed by atoms with E-state index in [0.29, 0.717) is 15.6 Å². The van der Waals surface area contributed by atoms with Gasteiger partial charge in [-0.05, 0) is 56.0 Å². The zero-order valence-electron chi connectivity index (χ0n) is 25.4. The molecule has 0 bridgehead atoms. The number of carboxylic acids is 1. The van der Waals surface area contributed by atoms with E-state index in [2.05, 4.69) is 32.6 Å². The Morgan fingerprint density at radius 2 is 1.86 bits per heavy atom. The Balaban J connectivity index is 1.66. The normalized spacial score (nSPS) is 23.9. The number of carbonyl (C=O) groups is 4. The molecule has 1 aromatic carbocycles. The third-order valence-corrected chi connectivity index (χ3v) is 8.14. The monoisotopic (exact) mass is 649 g/mol. The van der Waals surface area contributed by atoms with Gasteiger partial charge in [-0.1, -0.05) is 50.0 Å². The summed E-state index contributed by atoms with van der Waals surface area (Å²) >= 11 is 12.3. The lowest BCUT2D eigenvalue weighted by atomic mass is 9.85. The molecule has 5 unspecified atom stereocenters. The zero-order valence-corrected chi connectivity index (χ0v) is 26.9. The van der Waals surface area contributed by atoms with E-state index in [1.54, 1.807) is 59.7 Å². The van der Waals surface area contributed by atoms with E-state index in [9.17, 15) is 24.3 Å². The van der Waals surface area contributed by atoms with Gasteiger partial charge in [0.2, 0.25) is 17.6 Å². The van der Waals surface area contributed by atoms with Gasteiger partial charge in [-0.2, -0.15) is 4.80 Å². The van der Waals surface area contributed by atoms with Crippen molar-refractivity contribution in [3.8, 4) is 11.4 Å². The fourth-order valence-corrected chi connectivity index (χ4v) is 5.68. The Kier molecular flexibility index (Phi) is 9.05. The second kappa shape index (κ2) is 12.0. The summed E-state index contributed by atoms with van der Waals surface area (Å²) in [5.41, 5.74) is -2.61. The number of rotatable bonds is 8. The van der Waals surface area contributed by atoms with Gasteiger partial charge in [0.05, 0.1) is 11.1 Å². The second-order valence-electron chi connectivity index (χ2n) is 13.2. The number of ether oxygens (including phenoxy) is 1. The lowest BCUT2D eigenvalue weighted by Crippen LogP contribution is -2.59. The summed E-state index contributed by atoms with van der Waals surface area (Å²) in [6.07, 6.45) is 0.932. The molecule has 1 aliphatic carbocycles. The Morgan fingerprint density at radius 1 is 1.18 bits per heavy atom. The topological polar surface area (TPSA) is 169 Å². The number of carboxylic acid groups (broad SMARTS) is 1. The molecule has 1 saturated carbocycles. The Bertz CT molecular complexity index is 1480. The molecule has 238 valence electrons. The van der Waals surface area contributed by atoms with Crippen LogP contribution in [0.4, 0.5) is 4.79 Å². The van der Waals surface area contributed by atoms with Crippen molar-refractivity contribution in [2.24, 2.45) is 11.3 Å². The van der Waals surface area contributed by atoms with Crippen molar-refractivity contribution >= 4 is 47.1 Å². The average Bonchev–Trinajstić information content (AvgIpc) is 3.21. The third kappa shape index (κ3) is 6.99. The number of halogens is 2. The first-order valence-electron chi connectivity index (χ1n) is 14.1. The fourth-order valence-electron chi connectivity index (χ4n) is 5.19. The van der Waals surface area contributed by atoms with Gasteiger partial charge in [-0.3, -0.25) is 9.59 Å². The maximum atomic E-state index is 14.2. The van der Waals surface area contributed by atoms with Gasteiger partial charge < -0.3 is 25.4 Å². The van der Waals surface area contributed by atoms with Crippen LogP contribution in [0.15, 0.2) is 30.9 Å². The highest BCUT2D eigenvalue weighted by Crippen LogP contribution is 2.45. The predicted molar refractivity (Wildman–Crippen MR) is 162 cm³/mol. The maximum absolute atomic E-state index is 14.2. The van der Waals surface area contributed by atoms with E-state index in [4.69, 9.17) is 27.9 Å². The molecule has 1 aliphatic heterocycles. The summed E-state index contributed by atoms with van der Waals surface area (Å²) in [6.45, 7) is 14.1. The SMILES string of the molecule is C=CC1CC1(NC(=O)C1CC(n2nnc(-c3ccc(Cl)cc3Cl)n2)CN1C(=O)C(NC(=O)OC(C)(C)C)C(C)(C)C)C(=O)O. The molecule has 3 amide bonds. The third-order valence-electron chi connectivity index (χ3n) is 7.59. The van der Waals surface area contributed by atoms with Gasteiger partial charge in [0, 0.05) is 29.5 Å². The van der Waals surface area contributed by atoms with Crippen molar-refractivity contribution in [2.45, 2.75) is 83.6 Å². The summed E-state index contributed by atoms with van der Waals surface area (Å²) in [4.78, 5) is 55.4. The Labute approximate surface area is 265 Å². The van der Waals surface area contributed by atoms with Crippen LogP contribution < -0.4 is 10.6 Å². The lowest BCUT2D eigenvalue weighted by molar-refractivity contribution is -0.146. The van der Waals surface area contributed by atoms with Crippen LogP contribution in [0.25, 0.3) is 11.4 Å². The van der Waals surface area contributed by atoms with Crippen molar-refractivity contribution in [3.63, 3.8) is 0 Å². The number of aromatic nitrogens is 4. The van der Waals surface area contributed by atoms with Gasteiger partial charge in [-0.25, -0.2) is 9.59 Å². The highest BCUT2D eigenvalue weighted by Gasteiger charge is 2.61. The number of hydrogen-bond acceptors (Lipinski definition) is 8. The highest BCUT2D eigenvalue weighted by molar-refractivity contribution is 6.36. The van der Waals surface area contributed by atoms with Crippen LogP contribution in [0.1, 0.15) is 60.4 Å². The van der Waals surface area contributed by atoms with Crippen LogP contribution in [0.5, 0.6) is 0 Å². The fraction of sp³-hybridized carbons (Fsp3) is 0.552. The van der Waals surface area contributed by atoms with E-state index in [1.807, 2.05) is 0 Å². The molecule has 1 saturated heterocycles. The zero-order chi connectivity index (χ0) is 32.8. The average molecular weight is 651 g/mol. The summed E-state index contributed by atoms with van der Waals surface area (Å²) in [7, 11) is 0. The molecular formula is C29H37Cl2N7O6. The molecule has 1 aromatic heterocycles. The largest absolute Gasteiger partial charge is 0.479 e. The molecular weight excluding hydrogens is 613 g/mol.